The number of carbonyl (C=O) groups excluding carboxylic acids is 4. The molecule has 1 aromatic carbocycles. The van der Waals surface area contributed by atoms with Gasteiger partial charge < -0.3 is 20.3 Å². The molecule has 2 saturated heterocycles. The van der Waals surface area contributed by atoms with E-state index >= 15 is 0 Å². The number of fused-ring (bicyclic) bond motifs is 1. The Morgan fingerprint density at radius 3 is 2.82 bits per heavy atom. The minimum atomic E-state index is -0.745. The van der Waals surface area contributed by atoms with E-state index in [2.05, 4.69) is 10.6 Å². The lowest BCUT2D eigenvalue weighted by atomic mass is 9.92. The highest BCUT2D eigenvalue weighted by molar-refractivity contribution is 14.1. The Hall–Kier alpha value is -2.04. The van der Waals surface area contributed by atoms with E-state index in [0.717, 1.165) is 24.8 Å². The highest BCUT2D eigenvalue weighted by Gasteiger charge is 2.49. The summed E-state index contributed by atoms with van der Waals surface area (Å²) < 4.78 is 14.0. The van der Waals surface area contributed by atoms with Gasteiger partial charge >= 0.3 is 0 Å². The van der Waals surface area contributed by atoms with Crippen LogP contribution in [0.25, 0.3) is 0 Å². The molecular formula is C24H29FIN3O4. The molecule has 0 spiro atoms. The Morgan fingerprint density at radius 2 is 2.12 bits per heavy atom. The van der Waals surface area contributed by atoms with Crippen molar-refractivity contribution in [3.63, 3.8) is 0 Å². The number of aldehydes is 1. The normalized spacial score (nSPS) is 27.2. The maximum atomic E-state index is 13.5. The number of aryl methyl sites for hydroxylation is 1. The van der Waals surface area contributed by atoms with Gasteiger partial charge in [-0.3, -0.25) is 14.4 Å². The first-order valence-electron chi connectivity index (χ1n) is 11.6. The molecule has 5 atom stereocenters. The van der Waals surface area contributed by atoms with Crippen LogP contribution in [0.5, 0.6) is 0 Å². The smallest absolute Gasteiger partial charge is 0.243 e. The first-order valence-corrected chi connectivity index (χ1v) is 12.7. The molecule has 0 radical (unpaired) electrons. The number of amides is 3. The molecule has 3 amide bonds. The van der Waals surface area contributed by atoms with Gasteiger partial charge in [-0.05, 0) is 84.2 Å². The summed E-state index contributed by atoms with van der Waals surface area (Å²) in [6, 6.07) is 3.49. The summed E-state index contributed by atoms with van der Waals surface area (Å²) in [6.07, 6.45) is 5.25. The SMILES string of the molecule is O=C[C@H](C[C@@H]1CCNC1=O)NC(=O)[C@@H]1[C@H]2CCCC2CN1C(=O)CCc1ccc(F)c(I)c1. The van der Waals surface area contributed by atoms with Crippen LogP contribution < -0.4 is 10.6 Å². The zero-order valence-corrected chi connectivity index (χ0v) is 20.6. The van der Waals surface area contributed by atoms with Crippen LogP contribution in [-0.4, -0.2) is 54.1 Å². The van der Waals surface area contributed by atoms with Crippen LogP contribution in [0.3, 0.4) is 0 Å². The summed E-state index contributed by atoms with van der Waals surface area (Å²) in [7, 11) is 0. The molecule has 7 nitrogen and oxygen atoms in total. The molecule has 9 heteroatoms. The van der Waals surface area contributed by atoms with E-state index < -0.39 is 12.1 Å². The Labute approximate surface area is 206 Å². The number of benzene rings is 1. The quantitative estimate of drug-likeness (QED) is 0.371. The number of hydrogen-bond donors (Lipinski definition) is 2. The van der Waals surface area contributed by atoms with E-state index in [1.54, 1.807) is 17.0 Å². The predicted molar refractivity (Wildman–Crippen MR) is 127 cm³/mol. The maximum Gasteiger partial charge on any atom is 0.243 e. The molecule has 2 heterocycles. The van der Waals surface area contributed by atoms with Crippen LogP contribution in [0.2, 0.25) is 0 Å². The summed E-state index contributed by atoms with van der Waals surface area (Å²) in [5.74, 6) is -0.643. The number of likely N-dealkylation sites (tertiary alicyclic amines) is 1. The van der Waals surface area contributed by atoms with Crippen LogP contribution in [0.4, 0.5) is 4.39 Å². The largest absolute Gasteiger partial charge is 0.356 e. The lowest BCUT2D eigenvalue weighted by molar-refractivity contribution is -0.140. The van der Waals surface area contributed by atoms with Crippen LogP contribution in [0, 0.1) is 27.1 Å². The van der Waals surface area contributed by atoms with Crippen molar-refractivity contribution in [2.24, 2.45) is 17.8 Å². The fraction of sp³-hybridized carbons (Fsp3) is 0.583. The number of nitrogens with one attached hydrogen (secondary N) is 2. The Morgan fingerprint density at radius 1 is 1.30 bits per heavy atom. The predicted octanol–water partition coefficient (Wildman–Crippen LogP) is 2.20. The molecule has 4 rings (SSSR count). The molecule has 1 aromatic rings. The molecule has 2 aliphatic heterocycles. The van der Waals surface area contributed by atoms with E-state index in [9.17, 15) is 23.6 Å². The van der Waals surface area contributed by atoms with Gasteiger partial charge in [-0.1, -0.05) is 12.5 Å². The molecular weight excluding hydrogens is 540 g/mol. The van der Waals surface area contributed by atoms with E-state index in [-0.39, 0.29) is 48.2 Å². The van der Waals surface area contributed by atoms with Crippen molar-refractivity contribution in [1.29, 1.82) is 0 Å². The van der Waals surface area contributed by atoms with Crippen molar-refractivity contribution in [3.8, 4) is 0 Å². The second-order valence-corrected chi connectivity index (χ2v) is 10.5. The zero-order valence-electron chi connectivity index (χ0n) is 18.4. The summed E-state index contributed by atoms with van der Waals surface area (Å²) in [6.45, 7) is 1.14. The van der Waals surface area contributed by atoms with Gasteiger partial charge in [-0.25, -0.2) is 4.39 Å². The average Bonchev–Trinajstić information content (AvgIpc) is 3.50. The standard InChI is InChI=1S/C24H29FIN3O4/c25-19-6-4-14(10-20(19)26)5-7-21(31)29-12-16-2-1-3-18(16)22(29)24(33)28-17(13-30)11-15-8-9-27-23(15)32/h4,6,10,13,15-18,22H,1-3,5,7-9,11-12H2,(H,27,32)(H,28,33)/t15-,16?,17-,18-,22-/m0/s1. The summed E-state index contributed by atoms with van der Waals surface area (Å²) in [5.41, 5.74) is 0.880. The van der Waals surface area contributed by atoms with Gasteiger partial charge in [0, 0.05) is 29.0 Å². The fourth-order valence-electron chi connectivity index (χ4n) is 5.58. The van der Waals surface area contributed by atoms with Crippen molar-refractivity contribution in [2.45, 2.75) is 57.0 Å². The maximum absolute atomic E-state index is 13.5. The number of halogens is 2. The number of nitrogens with zero attached hydrogens (tertiary/aromatic N) is 1. The summed E-state index contributed by atoms with van der Waals surface area (Å²) in [4.78, 5) is 51.6. The molecule has 3 aliphatic rings. The van der Waals surface area contributed by atoms with Crippen molar-refractivity contribution in [1.82, 2.24) is 15.5 Å². The van der Waals surface area contributed by atoms with E-state index in [1.807, 2.05) is 22.6 Å². The summed E-state index contributed by atoms with van der Waals surface area (Å²) >= 11 is 1.93. The van der Waals surface area contributed by atoms with Gasteiger partial charge in [0.15, 0.2) is 0 Å². The van der Waals surface area contributed by atoms with Gasteiger partial charge in [-0.2, -0.15) is 0 Å². The van der Waals surface area contributed by atoms with Gasteiger partial charge in [0.05, 0.1) is 6.04 Å². The lowest BCUT2D eigenvalue weighted by Crippen LogP contribution is -2.52. The summed E-state index contributed by atoms with van der Waals surface area (Å²) in [5, 5.41) is 5.57. The van der Waals surface area contributed by atoms with Crippen molar-refractivity contribution < 1.29 is 23.6 Å². The second kappa shape index (κ2) is 10.5. The van der Waals surface area contributed by atoms with Crippen LogP contribution >= 0.6 is 22.6 Å². The van der Waals surface area contributed by atoms with E-state index in [4.69, 9.17) is 0 Å². The molecule has 1 aliphatic carbocycles. The van der Waals surface area contributed by atoms with Crippen LogP contribution in [-0.2, 0) is 25.6 Å². The first-order chi connectivity index (χ1) is 15.9. The highest BCUT2D eigenvalue weighted by Crippen LogP contribution is 2.42. The minimum absolute atomic E-state index is 0.0833. The van der Waals surface area contributed by atoms with Crippen molar-refractivity contribution >= 4 is 46.6 Å². The Kier molecular flexibility index (Phi) is 7.65. The minimum Gasteiger partial charge on any atom is -0.356 e. The molecule has 0 aromatic heterocycles. The lowest BCUT2D eigenvalue weighted by Gasteiger charge is -2.28. The van der Waals surface area contributed by atoms with Crippen LogP contribution in [0.15, 0.2) is 18.2 Å². The third-order valence-electron chi connectivity index (χ3n) is 7.28. The molecule has 3 fully saturated rings. The topological polar surface area (TPSA) is 95.6 Å². The molecule has 178 valence electrons. The van der Waals surface area contributed by atoms with E-state index in [1.165, 1.54) is 6.07 Å². The highest BCUT2D eigenvalue weighted by atomic mass is 127. The number of carbonyl (C=O) groups is 4. The third kappa shape index (κ3) is 5.38. The third-order valence-corrected chi connectivity index (χ3v) is 8.11. The second-order valence-electron chi connectivity index (χ2n) is 9.36. The molecule has 1 unspecified atom stereocenters. The van der Waals surface area contributed by atoms with Gasteiger partial charge in [-0.15, -0.1) is 0 Å². The number of hydrogen-bond acceptors (Lipinski definition) is 4. The van der Waals surface area contributed by atoms with Gasteiger partial charge in [0.1, 0.15) is 18.1 Å². The molecule has 33 heavy (non-hydrogen) atoms. The Bertz CT molecular complexity index is 942. The van der Waals surface area contributed by atoms with Crippen molar-refractivity contribution in [3.05, 3.63) is 33.1 Å². The molecule has 1 saturated carbocycles. The zero-order chi connectivity index (χ0) is 23.5. The number of rotatable bonds is 8. The monoisotopic (exact) mass is 569 g/mol. The Balaban J connectivity index is 1.41. The average molecular weight is 569 g/mol. The van der Waals surface area contributed by atoms with Gasteiger partial charge in [0.2, 0.25) is 17.7 Å². The fourth-order valence-corrected chi connectivity index (χ4v) is 6.16. The van der Waals surface area contributed by atoms with Gasteiger partial charge in [0.25, 0.3) is 0 Å². The molecule has 0 bridgehead atoms. The first kappa shape index (κ1) is 24.1. The molecule has 2 N–H and O–H groups in total. The van der Waals surface area contributed by atoms with Crippen LogP contribution in [0.1, 0.15) is 44.1 Å². The van der Waals surface area contributed by atoms with E-state index in [0.29, 0.717) is 41.7 Å². The van der Waals surface area contributed by atoms with Crippen molar-refractivity contribution in [2.75, 3.05) is 13.1 Å².